The van der Waals surface area contributed by atoms with E-state index in [2.05, 4.69) is 41.5 Å². The van der Waals surface area contributed by atoms with Gasteiger partial charge in [0.1, 0.15) is 23.0 Å². The van der Waals surface area contributed by atoms with Crippen LogP contribution >= 0.6 is 11.6 Å². The van der Waals surface area contributed by atoms with Gasteiger partial charge in [-0.1, -0.05) is 54.4 Å². The Morgan fingerprint density at radius 1 is 0.803 bits per heavy atom. The zero-order chi connectivity index (χ0) is 43.9. The molecule has 1 aliphatic heterocycles. The Balaban J connectivity index is 1.09. The number of esters is 1. The van der Waals surface area contributed by atoms with Gasteiger partial charge in [0.15, 0.2) is 0 Å². The Morgan fingerprint density at radius 3 is 2.11 bits per heavy atom. The lowest BCUT2D eigenvalue weighted by Gasteiger charge is -2.33. The minimum Gasteiger partial charge on any atom is -0.468 e. The molecule has 5 rings (SSSR count). The van der Waals surface area contributed by atoms with Crippen molar-refractivity contribution in [1.29, 1.82) is 0 Å². The first-order valence-electron chi connectivity index (χ1n) is 20.4. The molecule has 0 unspecified atom stereocenters. The highest BCUT2D eigenvalue weighted by Gasteiger charge is 2.29. The lowest BCUT2D eigenvalue weighted by atomic mass is 9.98. The van der Waals surface area contributed by atoms with Crippen LogP contribution in [0.2, 0.25) is 5.02 Å². The van der Waals surface area contributed by atoms with E-state index in [1.807, 2.05) is 37.3 Å². The zero-order valence-electron chi connectivity index (χ0n) is 35.4. The van der Waals surface area contributed by atoms with Gasteiger partial charge in [0.25, 0.3) is 11.8 Å². The number of aromatic nitrogens is 2. The second kappa shape index (κ2) is 22.1. The predicted molar refractivity (Wildman–Crippen MR) is 234 cm³/mol. The predicted octanol–water partition coefficient (Wildman–Crippen LogP) is 6.65. The number of methoxy groups -OCH3 is 1. The summed E-state index contributed by atoms with van der Waals surface area (Å²) in [6, 6.07) is 17.5. The van der Waals surface area contributed by atoms with Gasteiger partial charge < -0.3 is 36.1 Å². The number of piperidine rings is 1. The number of pyridine rings is 2. The monoisotopic (exact) mass is 854 g/mol. The molecule has 0 bridgehead atoms. The van der Waals surface area contributed by atoms with Crippen LogP contribution in [-0.4, -0.2) is 89.6 Å². The number of hydrogen-bond donors (Lipinski definition) is 5. The van der Waals surface area contributed by atoms with E-state index in [0.29, 0.717) is 61.1 Å². The largest absolute Gasteiger partial charge is 0.468 e. The third-order valence-corrected chi connectivity index (χ3v) is 10.3. The molecule has 4 amide bonds. The maximum absolute atomic E-state index is 13.3. The smallest absolute Gasteiger partial charge is 0.407 e. The molecule has 1 saturated heterocycles. The van der Waals surface area contributed by atoms with Gasteiger partial charge in [-0.15, -0.1) is 0 Å². The Bertz CT molecular complexity index is 2160. The summed E-state index contributed by atoms with van der Waals surface area (Å²) < 4.78 is 10.2. The fraction of sp³-hybridized carbons (Fsp3) is 0.400. The molecule has 0 radical (unpaired) electrons. The lowest BCUT2D eigenvalue weighted by Crippen LogP contribution is -2.44. The lowest BCUT2D eigenvalue weighted by molar-refractivity contribution is -0.148. The summed E-state index contributed by atoms with van der Waals surface area (Å²) in [5.74, 6) is -1.15. The minimum atomic E-state index is -0.573. The first kappa shape index (κ1) is 46.2. The van der Waals surface area contributed by atoms with E-state index in [4.69, 9.17) is 21.1 Å². The average Bonchev–Trinajstić information content (AvgIpc) is 3.23. The van der Waals surface area contributed by atoms with Gasteiger partial charge in [0.2, 0.25) is 5.91 Å². The van der Waals surface area contributed by atoms with Crippen molar-refractivity contribution in [2.75, 3.05) is 43.9 Å². The SMILES string of the molecule is COC(=O)[C@@H]1CCCCN1Cc1ccc(C(=O)Nc2cccc(-c3cccc(NC(=O)c4ccc(CNCCNC(=O)CCCNC(=O)OC(C)(C)C)cn4)c3C)c2Cl)nc1. The van der Waals surface area contributed by atoms with Gasteiger partial charge in [-0.3, -0.25) is 34.0 Å². The van der Waals surface area contributed by atoms with E-state index in [0.717, 1.165) is 48.1 Å². The number of nitrogens with zero attached hydrogens (tertiary/aromatic N) is 3. The Kier molecular flexibility index (Phi) is 16.7. The molecule has 1 fully saturated rings. The fourth-order valence-electron chi connectivity index (χ4n) is 6.77. The molecular formula is C45H55ClN8O7. The van der Waals surface area contributed by atoms with E-state index in [1.165, 1.54) is 7.11 Å². The molecule has 2 aromatic heterocycles. The number of hydrogen-bond acceptors (Lipinski definition) is 11. The second-order valence-electron chi connectivity index (χ2n) is 15.7. The Morgan fingerprint density at radius 2 is 1.46 bits per heavy atom. The molecule has 16 heteroatoms. The molecule has 15 nitrogen and oxygen atoms in total. The standard InChI is InChI=1S/C45H55ClN8O7/c1-29-32(33-12-9-14-35(40(33)46)53-42(57)37-20-18-31(27-51-37)28-54-24-7-6-15-38(54)43(58)60-5)11-8-13-34(29)52-41(56)36-19-17-30(26-50-36)25-47-22-23-48-39(55)16-10-21-49-44(59)61-45(2,3)4/h8-9,11-14,17-20,26-27,38,47H,6-7,10,15-16,21-25,28H2,1-5H3,(H,48,55)(H,49,59)(H,52,56)(H,53,57)/t38-/m0/s1. The highest BCUT2D eigenvalue weighted by molar-refractivity contribution is 6.36. The molecule has 0 spiro atoms. The summed E-state index contributed by atoms with van der Waals surface area (Å²) in [6.45, 7) is 10.4. The van der Waals surface area contributed by atoms with E-state index >= 15 is 0 Å². The highest BCUT2D eigenvalue weighted by atomic mass is 35.5. The molecular weight excluding hydrogens is 800 g/mol. The molecule has 1 aliphatic rings. The number of amides is 4. The summed E-state index contributed by atoms with van der Waals surface area (Å²) in [5.41, 5.74) is 4.82. The van der Waals surface area contributed by atoms with Gasteiger partial charge in [-0.05, 0) is 100 Å². The summed E-state index contributed by atoms with van der Waals surface area (Å²) in [6.07, 6.45) is 6.28. The number of anilines is 2. The normalized spacial score (nSPS) is 14.1. The topological polar surface area (TPSA) is 193 Å². The Hall–Kier alpha value is -5.90. The molecule has 0 aliphatic carbocycles. The number of nitrogens with one attached hydrogen (secondary N) is 5. The number of carbonyl (C=O) groups is 5. The molecule has 4 aromatic rings. The van der Waals surface area contributed by atoms with Crippen molar-refractivity contribution in [2.24, 2.45) is 0 Å². The van der Waals surface area contributed by atoms with Crippen molar-refractivity contribution in [3.05, 3.63) is 106 Å². The van der Waals surface area contributed by atoms with E-state index in [1.54, 1.807) is 63.5 Å². The average molecular weight is 855 g/mol. The van der Waals surface area contributed by atoms with E-state index < -0.39 is 17.6 Å². The fourth-order valence-corrected chi connectivity index (χ4v) is 7.05. The first-order chi connectivity index (χ1) is 29.2. The van der Waals surface area contributed by atoms with Crippen molar-refractivity contribution in [2.45, 2.75) is 84.5 Å². The summed E-state index contributed by atoms with van der Waals surface area (Å²) in [7, 11) is 1.40. The third-order valence-electron chi connectivity index (χ3n) is 9.91. The molecule has 3 heterocycles. The molecule has 5 N–H and O–H groups in total. The van der Waals surface area contributed by atoms with Crippen molar-refractivity contribution in [3.63, 3.8) is 0 Å². The molecule has 1 atom stereocenters. The van der Waals surface area contributed by atoms with Gasteiger partial charge in [0, 0.05) is 62.8 Å². The van der Waals surface area contributed by atoms with Gasteiger partial charge in [-0.2, -0.15) is 0 Å². The number of likely N-dealkylation sites (tertiary alicyclic amines) is 1. The van der Waals surface area contributed by atoms with Gasteiger partial charge in [0.05, 0.1) is 17.8 Å². The number of ether oxygens (including phenoxy) is 2. The van der Waals surface area contributed by atoms with Crippen LogP contribution in [0.4, 0.5) is 16.2 Å². The highest BCUT2D eigenvalue weighted by Crippen LogP contribution is 2.37. The van der Waals surface area contributed by atoms with Crippen molar-refractivity contribution in [3.8, 4) is 11.1 Å². The van der Waals surface area contributed by atoms with Crippen LogP contribution in [0.5, 0.6) is 0 Å². The molecule has 324 valence electrons. The molecule has 61 heavy (non-hydrogen) atoms. The van der Waals surface area contributed by atoms with Crippen LogP contribution in [-0.2, 0) is 32.2 Å². The number of halogens is 1. The van der Waals surface area contributed by atoms with Gasteiger partial charge >= 0.3 is 12.1 Å². The van der Waals surface area contributed by atoms with E-state index in [9.17, 15) is 24.0 Å². The van der Waals surface area contributed by atoms with Crippen LogP contribution in [0, 0.1) is 6.92 Å². The number of benzene rings is 2. The zero-order valence-corrected chi connectivity index (χ0v) is 36.1. The molecule has 2 aromatic carbocycles. The van der Waals surface area contributed by atoms with Crippen LogP contribution in [0.1, 0.15) is 90.5 Å². The quantitative estimate of drug-likeness (QED) is 0.0565. The summed E-state index contributed by atoms with van der Waals surface area (Å²) in [4.78, 5) is 73.5. The van der Waals surface area contributed by atoms with Crippen LogP contribution in [0.25, 0.3) is 11.1 Å². The third kappa shape index (κ3) is 13.8. The van der Waals surface area contributed by atoms with Crippen LogP contribution in [0.15, 0.2) is 73.1 Å². The second-order valence-corrected chi connectivity index (χ2v) is 16.1. The first-order valence-corrected chi connectivity index (χ1v) is 20.8. The number of carbonyl (C=O) groups excluding carboxylic acids is 5. The van der Waals surface area contributed by atoms with Crippen LogP contribution in [0.3, 0.4) is 0 Å². The number of alkyl carbamates (subject to hydrolysis) is 1. The number of rotatable bonds is 17. The maximum atomic E-state index is 13.3. The van der Waals surface area contributed by atoms with Crippen LogP contribution < -0.4 is 26.6 Å². The van der Waals surface area contributed by atoms with Gasteiger partial charge in [-0.25, -0.2) is 4.79 Å². The van der Waals surface area contributed by atoms with Crippen molar-refractivity contribution >= 4 is 52.8 Å². The summed E-state index contributed by atoms with van der Waals surface area (Å²) >= 11 is 6.90. The van der Waals surface area contributed by atoms with Crippen molar-refractivity contribution in [1.82, 2.24) is 30.8 Å². The minimum absolute atomic E-state index is 0.107. The molecule has 0 saturated carbocycles. The van der Waals surface area contributed by atoms with Crippen molar-refractivity contribution < 1.29 is 33.4 Å². The van der Waals surface area contributed by atoms with E-state index in [-0.39, 0.29) is 41.6 Å². The summed E-state index contributed by atoms with van der Waals surface area (Å²) in [5, 5.41) is 14.9. The Labute approximate surface area is 361 Å². The maximum Gasteiger partial charge on any atom is 0.407 e.